The summed E-state index contributed by atoms with van der Waals surface area (Å²) in [6.07, 6.45) is -0.892. The van der Waals surface area contributed by atoms with Crippen molar-refractivity contribution in [3.63, 3.8) is 0 Å². The summed E-state index contributed by atoms with van der Waals surface area (Å²) < 4.78 is 17.1. The molecule has 0 heterocycles. The Morgan fingerprint density at radius 2 is 0.987 bits per heavy atom. The number of benzene rings is 8. The predicted molar refractivity (Wildman–Crippen MR) is 297 cm³/mol. The number of phenols is 4. The summed E-state index contributed by atoms with van der Waals surface area (Å²) >= 11 is 0. The fraction of sp³-hybridized carbons (Fsp3) is 0.148. The number of aliphatic hydroxyl groups excluding tert-OH is 2. The van der Waals surface area contributed by atoms with Gasteiger partial charge in [0.05, 0.1) is 34.7 Å². The summed E-state index contributed by atoms with van der Waals surface area (Å²) in [7, 11) is 0. The van der Waals surface area contributed by atoms with E-state index in [-0.39, 0.29) is 73.8 Å². The Labute approximate surface area is 444 Å². The third-order valence-corrected chi connectivity index (χ3v) is 13.2. The molecule has 2 atom stereocenters. The highest BCUT2D eigenvalue weighted by Gasteiger charge is 2.46. The van der Waals surface area contributed by atoms with E-state index in [9.17, 15) is 40.2 Å². The largest absolute Gasteiger partial charge is 0.506 e. The highest BCUT2D eigenvalue weighted by atomic mass is 16.5. The molecule has 12 N–H and O–H groups in total. The molecule has 0 bridgehead atoms. The Balaban J connectivity index is 0.840. The number of ether oxygens (including phenoxy) is 3. The third kappa shape index (κ3) is 11.7. The number of amides is 2. The van der Waals surface area contributed by atoms with Gasteiger partial charge >= 0.3 is 12.0 Å². The SMILES string of the molecule is C=CC(=O)OCCNC(=O)Nc1cc(-c2ccc(O)c(NCC(O)COc3ccc(C4(c5ccc(OCC(O)CNc6cc(-c7ccc(O)c(N)c7)ccc6O)cc5)c5ccccc5-c5ccccc54)cc3)c2)ccc1O. The van der Waals surface area contributed by atoms with Crippen LogP contribution in [0.25, 0.3) is 33.4 Å². The van der Waals surface area contributed by atoms with E-state index in [4.69, 9.17) is 19.9 Å². The highest BCUT2D eigenvalue weighted by molar-refractivity contribution is 5.92. The second-order valence-electron chi connectivity index (χ2n) is 18.3. The zero-order valence-corrected chi connectivity index (χ0v) is 41.6. The maximum Gasteiger partial charge on any atom is 0.330 e. The van der Waals surface area contributed by atoms with Gasteiger partial charge in [0.1, 0.15) is 66.5 Å². The van der Waals surface area contributed by atoms with Crippen LogP contribution in [0.2, 0.25) is 0 Å². The number of urea groups is 1. The van der Waals surface area contributed by atoms with Crippen LogP contribution in [0, 0.1) is 0 Å². The third-order valence-electron chi connectivity index (χ3n) is 13.2. The van der Waals surface area contributed by atoms with Crippen LogP contribution < -0.4 is 36.5 Å². The van der Waals surface area contributed by atoms with Crippen LogP contribution in [0.1, 0.15) is 22.3 Å². The quantitative estimate of drug-likeness (QED) is 0.0105. The Morgan fingerprint density at radius 1 is 0.558 bits per heavy atom. The molecule has 9 rings (SSSR count). The van der Waals surface area contributed by atoms with E-state index < -0.39 is 29.6 Å². The first-order valence-electron chi connectivity index (χ1n) is 24.7. The topological polar surface area (TPSA) is 257 Å². The van der Waals surface area contributed by atoms with Crippen molar-refractivity contribution in [1.29, 1.82) is 0 Å². The minimum Gasteiger partial charge on any atom is -0.506 e. The number of hydrogen-bond acceptors (Lipinski definition) is 14. The molecular weight excluding hydrogens is 979 g/mol. The average Bonchev–Trinajstić information content (AvgIpc) is 4.00. The molecule has 16 heteroatoms. The lowest BCUT2D eigenvalue weighted by atomic mass is 9.68. The fourth-order valence-corrected chi connectivity index (χ4v) is 9.39. The van der Waals surface area contributed by atoms with Gasteiger partial charge in [-0.05, 0) is 128 Å². The summed E-state index contributed by atoms with van der Waals surface area (Å²) in [5, 5.41) is 74.9. The van der Waals surface area contributed by atoms with Crippen LogP contribution in [-0.4, -0.2) is 94.3 Å². The maximum absolute atomic E-state index is 12.5. The second-order valence-corrected chi connectivity index (χ2v) is 18.3. The fourth-order valence-electron chi connectivity index (χ4n) is 9.39. The van der Waals surface area contributed by atoms with E-state index in [1.54, 1.807) is 54.6 Å². The first kappa shape index (κ1) is 52.2. The van der Waals surface area contributed by atoms with Gasteiger partial charge in [0.15, 0.2) is 0 Å². The number of esters is 1. The number of aliphatic hydroxyl groups is 2. The minimum absolute atomic E-state index is 0.0104. The number of nitrogens with one attached hydrogen (secondary N) is 4. The number of nitrogens with two attached hydrogens (primary N) is 1. The molecule has 8 aromatic rings. The van der Waals surface area contributed by atoms with Crippen molar-refractivity contribution in [3.05, 3.63) is 205 Å². The average molecular weight is 1040 g/mol. The maximum atomic E-state index is 12.5. The summed E-state index contributed by atoms with van der Waals surface area (Å²) in [5.74, 6) is 0.250. The molecular formula is C61H57N5O11. The van der Waals surface area contributed by atoms with Crippen LogP contribution in [0.4, 0.5) is 27.5 Å². The molecule has 0 spiro atoms. The molecule has 8 aromatic carbocycles. The van der Waals surface area contributed by atoms with Gasteiger partial charge in [0, 0.05) is 19.2 Å². The van der Waals surface area contributed by atoms with Gasteiger partial charge in [-0.15, -0.1) is 0 Å². The number of carbonyl (C=O) groups is 2. The Bertz CT molecular complexity index is 3380. The number of aromatic hydroxyl groups is 4. The number of hydrogen-bond donors (Lipinski definition) is 11. The number of anilines is 4. The first-order chi connectivity index (χ1) is 37.3. The number of nitrogen functional groups attached to an aromatic ring is 1. The molecule has 1 aliphatic rings. The molecule has 0 aliphatic heterocycles. The van der Waals surface area contributed by atoms with Crippen molar-refractivity contribution >= 4 is 34.7 Å². The number of carbonyl (C=O) groups excluding carboxylic acids is 2. The molecule has 0 radical (unpaired) electrons. The molecule has 2 unspecified atom stereocenters. The number of rotatable bonds is 21. The van der Waals surface area contributed by atoms with Crippen LogP contribution in [0.15, 0.2) is 183 Å². The Kier molecular flexibility index (Phi) is 15.8. The van der Waals surface area contributed by atoms with E-state index in [2.05, 4.69) is 52.1 Å². The molecule has 77 heavy (non-hydrogen) atoms. The zero-order valence-electron chi connectivity index (χ0n) is 41.6. The van der Waals surface area contributed by atoms with Gasteiger partial charge in [-0.3, -0.25) is 0 Å². The van der Waals surface area contributed by atoms with Gasteiger partial charge in [0.25, 0.3) is 0 Å². The summed E-state index contributed by atoms with van der Waals surface area (Å²) in [5.41, 5.74) is 15.5. The van der Waals surface area contributed by atoms with Crippen molar-refractivity contribution in [2.45, 2.75) is 17.6 Å². The zero-order chi connectivity index (χ0) is 54.1. The molecule has 0 saturated carbocycles. The normalized spacial score (nSPS) is 12.8. The highest BCUT2D eigenvalue weighted by Crippen LogP contribution is 2.56. The lowest BCUT2D eigenvalue weighted by molar-refractivity contribution is -0.137. The molecule has 2 amide bonds. The predicted octanol–water partition coefficient (Wildman–Crippen LogP) is 9.34. The monoisotopic (exact) mass is 1040 g/mol. The van der Waals surface area contributed by atoms with Crippen molar-refractivity contribution < 1.29 is 54.4 Å². The lowest BCUT2D eigenvalue weighted by Gasteiger charge is -2.34. The van der Waals surface area contributed by atoms with Crippen molar-refractivity contribution in [2.24, 2.45) is 0 Å². The molecule has 16 nitrogen and oxygen atoms in total. The van der Waals surface area contributed by atoms with Gasteiger partial charge < -0.3 is 71.9 Å². The Morgan fingerprint density at radius 3 is 1.45 bits per heavy atom. The van der Waals surface area contributed by atoms with Gasteiger partial charge in [0.2, 0.25) is 0 Å². The van der Waals surface area contributed by atoms with Gasteiger partial charge in [-0.1, -0.05) is 104 Å². The van der Waals surface area contributed by atoms with Crippen molar-refractivity contribution in [3.8, 4) is 67.9 Å². The molecule has 0 fully saturated rings. The van der Waals surface area contributed by atoms with E-state index in [0.29, 0.717) is 34.0 Å². The Hall–Kier alpha value is -9.64. The standard InChI is InChI=1S/C61H57N5O11/c1-2-59(73)75-28-27-63-60(74)66-54-32-40(14-26-58(54)72)39-13-25-57(71)53(31-39)65-34-44(68)36-77-46-21-17-42(18-22-46)61(49-9-5-3-7-47(49)48-8-4-6-10-50(48)61)41-15-19-45(20-16-41)76-35-43(67)33-64-52-30-38(12-24-56(52)70)37-11-23-55(69)51(62)29-37/h2-26,29-32,43-44,64-65,67-72H,1,27-28,33-36,62H2,(H2,63,66,74). The van der Waals surface area contributed by atoms with E-state index in [1.807, 2.05) is 72.8 Å². The first-order valence-corrected chi connectivity index (χ1v) is 24.7. The van der Waals surface area contributed by atoms with E-state index >= 15 is 0 Å². The summed E-state index contributed by atoms with van der Waals surface area (Å²) in [6.45, 7) is 3.34. The van der Waals surface area contributed by atoms with Crippen molar-refractivity contribution in [1.82, 2.24) is 5.32 Å². The van der Waals surface area contributed by atoms with Crippen LogP contribution >= 0.6 is 0 Å². The minimum atomic E-state index is -0.984. The van der Waals surface area contributed by atoms with Gasteiger partial charge in [-0.2, -0.15) is 0 Å². The van der Waals surface area contributed by atoms with Crippen molar-refractivity contribution in [2.75, 3.05) is 61.1 Å². The van der Waals surface area contributed by atoms with Gasteiger partial charge in [-0.25, -0.2) is 9.59 Å². The van der Waals surface area contributed by atoms with E-state index in [0.717, 1.165) is 50.6 Å². The smallest absolute Gasteiger partial charge is 0.330 e. The molecule has 0 aromatic heterocycles. The second kappa shape index (κ2) is 23.3. The van der Waals surface area contributed by atoms with Crippen LogP contribution in [0.5, 0.6) is 34.5 Å². The number of phenolic OH excluding ortho intramolecular Hbond substituents is 4. The number of fused-ring (bicyclic) bond motifs is 3. The molecule has 1 aliphatic carbocycles. The van der Waals surface area contributed by atoms with Crippen LogP contribution in [0.3, 0.4) is 0 Å². The van der Waals surface area contributed by atoms with E-state index in [1.165, 1.54) is 18.2 Å². The molecule has 0 saturated heterocycles. The molecule has 392 valence electrons. The van der Waals surface area contributed by atoms with Crippen LogP contribution in [-0.2, 0) is 14.9 Å². The summed E-state index contributed by atoms with van der Waals surface area (Å²) in [6, 6.07) is 51.2. The summed E-state index contributed by atoms with van der Waals surface area (Å²) in [4.78, 5) is 23.7. The lowest BCUT2D eigenvalue weighted by Crippen LogP contribution is -2.32.